The minimum atomic E-state index is -3.65. The molecule has 0 heterocycles. The molecule has 0 aliphatic rings. The molecule has 0 aliphatic heterocycles. The zero-order valence-corrected chi connectivity index (χ0v) is 16.7. The van der Waals surface area contributed by atoms with Crippen LogP contribution in [0.4, 0.5) is 0 Å². The maximum absolute atomic E-state index is 12.3. The zero-order chi connectivity index (χ0) is 19.7. The summed E-state index contributed by atoms with van der Waals surface area (Å²) in [6, 6.07) is 5.31. The number of carbonyl (C=O) groups excluding carboxylic acids is 2. The Morgan fingerprint density at radius 2 is 1.73 bits per heavy atom. The monoisotopic (exact) mass is 383 g/mol. The lowest BCUT2D eigenvalue weighted by molar-refractivity contribution is -0.122. The molecule has 1 aromatic rings. The van der Waals surface area contributed by atoms with Crippen LogP contribution in [0.5, 0.6) is 0 Å². The molecule has 8 heteroatoms. The summed E-state index contributed by atoms with van der Waals surface area (Å²) < 4.78 is 27.1. The maximum Gasteiger partial charge on any atom is 0.240 e. The number of rotatable bonds is 10. The van der Waals surface area contributed by atoms with E-state index in [1.807, 2.05) is 26.8 Å². The standard InChI is InChI=1S/C18H29N3O4S/c1-5-15(4)21-18(23)8-10-19-17(22)9-11-20-26(24,25)16-12-13(2)6-7-14(16)3/h6-7,12,15,20H,5,8-11H2,1-4H3,(H,19,22)(H,21,23). The summed E-state index contributed by atoms with van der Waals surface area (Å²) in [4.78, 5) is 23.6. The fourth-order valence-electron chi connectivity index (χ4n) is 2.23. The summed E-state index contributed by atoms with van der Waals surface area (Å²) in [6.45, 7) is 7.67. The van der Waals surface area contributed by atoms with Crippen molar-refractivity contribution >= 4 is 21.8 Å². The number of carbonyl (C=O) groups is 2. The number of amides is 2. The molecule has 1 unspecified atom stereocenters. The summed E-state index contributed by atoms with van der Waals surface area (Å²) in [5.74, 6) is -0.416. The Morgan fingerprint density at radius 1 is 1.08 bits per heavy atom. The fraction of sp³-hybridized carbons (Fsp3) is 0.556. The Balaban J connectivity index is 2.37. The van der Waals surface area contributed by atoms with Crippen LogP contribution in [0.25, 0.3) is 0 Å². The van der Waals surface area contributed by atoms with Crippen molar-refractivity contribution in [2.75, 3.05) is 13.1 Å². The first-order valence-corrected chi connectivity index (χ1v) is 10.3. The van der Waals surface area contributed by atoms with Gasteiger partial charge in [-0.2, -0.15) is 0 Å². The highest BCUT2D eigenvalue weighted by molar-refractivity contribution is 7.89. The van der Waals surface area contributed by atoms with Crippen LogP contribution >= 0.6 is 0 Å². The molecule has 0 bridgehead atoms. The number of hydrogen-bond acceptors (Lipinski definition) is 4. The van der Waals surface area contributed by atoms with Gasteiger partial charge in [0.05, 0.1) is 4.90 Å². The Hall–Kier alpha value is -1.93. The smallest absolute Gasteiger partial charge is 0.240 e. The molecule has 0 fully saturated rings. The molecule has 1 aromatic carbocycles. The van der Waals surface area contributed by atoms with Crippen LogP contribution in [-0.2, 0) is 19.6 Å². The third-order valence-corrected chi connectivity index (χ3v) is 5.57. The molecular weight excluding hydrogens is 354 g/mol. The van der Waals surface area contributed by atoms with Crippen molar-refractivity contribution in [3.8, 4) is 0 Å². The van der Waals surface area contributed by atoms with Gasteiger partial charge in [-0.1, -0.05) is 19.1 Å². The molecule has 2 amide bonds. The third kappa shape index (κ3) is 7.53. The second kappa shape index (κ2) is 10.3. The zero-order valence-electron chi connectivity index (χ0n) is 15.9. The van der Waals surface area contributed by atoms with E-state index in [9.17, 15) is 18.0 Å². The number of sulfonamides is 1. The topological polar surface area (TPSA) is 104 Å². The molecule has 1 rings (SSSR count). The van der Waals surface area contributed by atoms with E-state index in [1.54, 1.807) is 19.1 Å². The number of aryl methyl sites for hydroxylation is 2. The van der Waals surface area contributed by atoms with Gasteiger partial charge in [0.25, 0.3) is 0 Å². The lowest BCUT2D eigenvalue weighted by Crippen LogP contribution is -2.36. The molecule has 0 radical (unpaired) electrons. The quantitative estimate of drug-likeness (QED) is 0.568. The molecule has 0 saturated heterocycles. The molecule has 7 nitrogen and oxygen atoms in total. The van der Waals surface area contributed by atoms with E-state index in [4.69, 9.17) is 0 Å². The molecule has 3 N–H and O–H groups in total. The van der Waals surface area contributed by atoms with Gasteiger partial charge in [-0.05, 0) is 44.4 Å². The summed E-state index contributed by atoms with van der Waals surface area (Å²) in [6.07, 6.45) is 1.06. The Labute approximate surface area is 156 Å². The predicted molar refractivity (Wildman–Crippen MR) is 101 cm³/mol. The van der Waals surface area contributed by atoms with Gasteiger partial charge in [-0.25, -0.2) is 13.1 Å². The average Bonchev–Trinajstić information content (AvgIpc) is 2.56. The predicted octanol–water partition coefficient (Wildman–Crippen LogP) is 1.39. The van der Waals surface area contributed by atoms with Gasteiger partial charge in [0, 0.05) is 32.0 Å². The van der Waals surface area contributed by atoms with Gasteiger partial charge in [-0.3, -0.25) is 9.59 Å². The summed E-state index contributed by atoms with van der Waals surface area (Å²) in [7, 11) is -3.65. The van der Waals surface area contributed by atoms with Gasteiger partial charge in [0.1, 0.15) is 0 Å². The van der Waals surface area contributed by atoms with E-state index >= 15 is 0 Å². The molecule has 146 valence electrons. The Kier molecular flexibility index (Phi) is 8.74. The van der Waals surface area contributed by atoms with Crippen molar-refractivity contribution in [2.45, 2.75) is 57.9 Å². The highest BCUT2D eigenvalue weighted by Gasteiger charge is 2.17. The van der Waals surface area contributed by atoms with E-state index in [2.05, 4.69) is 15.4 Å². The molecule has 1 atom stereocenters. The summed E-state index contributed by atoms with van der Waals surface area (Å²) in [5, 5.41) is 5.43. The number of nitrogens with one attached hydrogen (secondary N) is 3. The van der Waals surface area contributed by atoms with Crippen LogP contribution in [-0.4, -0.2) is 39.4 Å². The second-order valence-corrected chi connectivity index (χ2v) is 8.13. The van der Waals surface area contributed by atoms with E-state index < -0.39 is 10.0 Å². The van der Waals surface area contributed by atoms with Gasteiger partial charge in [-0.15, -0.1) is 0 Å². The minimum absolute atomic E-state index is 0.000609. The second-order valence-electron chi connectivity index (χ2n) is 6.39. The van der Waals surface area contributed by atoms with Crippen LogP contribution in [0.15, 0.2) is 23.1 Å². The fourth-order valence-corrected chi connectivity index (χ4v) is 3.59. The van der Waals surface area contributed by atoms with E-state index in [0.29, 0.717) is 5.56 Å². The molecule has 0 aromatic heterocycles. The third-order valence-electron chi connectivity index (χ3n) is 3.97. The largest absolute Gasteiger partial charge is 0.356 e. The van der Waals surface area contributed by atoms with Crippen molar-refractivity contribution in [2.24, 2.45) is 0 Å². The normalized spacial score (nSPS) is 12.5. The molecular formula is C18H29N3O4S. The first-order chi connectivity index (χ1) is 12.2. The van der Waals surface area contributed by atoms with Crippen LogP contribution in [0.1, 0.15) is 44.2 Å². The van der Waals surface area contributed by atoms with Crippen LogP contribution < -0.4 is 15.4 Å². The van der Waals surface area contributed by atoms with Gasteiger partial charge < -0.3 is 10.6 Å². The summed E-state index contributed by atoms with van der Waals surface area (Å²) in [5.41, 5.74) is 1.50. The molecule has 26 heavy (non-hydrogen) atoms. The Morgan fingerprint density at radius 3 is 2.38 bits per heavy atom. The van der Waals surface area contributed by atoms with Crippen molar-refractivity contribution < 1.29 is 18.0 Å². The first-order valence-electron chi connectivity index (χ1n) is 8.78. The minimum Gasteiger partial charge on any atom is -0.356 e. The van der Waals surface area contributed by atoms with Crippen LogP contribution in [0.3, 0.4) is 0 Å². The van der Waals surface area contributed by atoms with Crippen molar-refractivity contribution in [3.05, 3.63) is 29.3 Å². The van der Waals surface area contributed by atoms with E-state index in [-0.39, 0.29) is 48.7 Å². The lowest BCUT2D eigenvalue weighted by Gasteiger charge is -2.12. The highest BCUT2D eigenvalue weighted by atomic mass is 32.2. The highest BCUT2D eigenvalue weighted by Crippen LogP contribution is 2.16. The van der Waals surface area contributed by atoms with Gasteiger partial charge in [0.15, 0.2) is 0 Å². The number of benzene rings is 1. The Bertz CT molecular complexity index is 732. The molecule has 0 aliphatic carbocycles. The lowest BCUT2D eigenvalue weighted by atomic mass is 10.2. The van der Waals surface area contributed by atoms with Crippen molar-refractivity contribution in [3.63, 3.8) is 0 Å². The first kappa shape index (κ1) is 22.1. The maximum atomic E-state index is 12.3. The van der Waals surface area contributed by atoms with Gasteiger partial charge in [0.2, 0.25) is 21.8 Å². The van der Waals surface area contributed by atoms with E-state index in [1.165, 1.54) is 0 Å². The van der Waals surface area contributed by atoms with Gasteiger partial charge >= 0.3 is 0 Å². The average molecular weight is 384 g/mol. The van der Waals surface area contributed by atoms with Crippen molar-refractivity contribution in [1.29, 1.82) is 0 Å². The number of hydrogen-bond donors (Lipinski definition) is 3. The molecule has 0 spiro atoms. The van der Waals surface area contributed by atoms with Crippen LogP contribution in [0, 0.1) is 13.8 Å². The van der Waals surface area contributed by atoms with Crippen LogP contribution in [0.2, 0.25) is 0 Å². The summed E-state index contributed by atoms with van der Waals surface area (Å²) >= 11 is 0. The van der Waals surface area contributed by atoms with E-state index in [0.717, 1.165) is 12.0 Å². The SMILES string of the molecule is CCC(C)NC(=O)CCNC(=O)CCNS(=O)(=O)c1cc(C)ccc1C. The molecule has 0 saturated carbocycles. The van der Waals surface area contributed by atoms with Crippen molar-refractivity contribution in [1.82, 2.24) is 15.4 Å².